The molecule has 3 aromatic rings. The number of aromatic nitrogens is 1. The standard InChI is InChI=1S/C22H22ClN3O3S/c1-4-30(27,28)26-19(13-18(25-26)15-10-8-14(2)9-11-15)17-12-16-6-5-7-20(29-3)21(16)24-22(17)23/h5-12,19H,4,13H2,1-3H3/t19-/m1/s1. The minimum atomic E-state index is -3.59. The van der Waals surface area contributed by atoms with Gasteiger partial charge in [-0.25, -0.2) is 13.4 Å². The van der Waals surface area contributed by atoms with E-state index in [0.29, 0.717) is 29.0 Å². The predicted molar refractivity (Wildman–Crippen MR) is 120 cm³/mol. The first-order valence-corrected chi connectivity index (χ1v) is 11.6. The van der Waals surface area contributed by atoms with E-state index in [-0.39, 0.29) is 10.9 Å². The van der Waals surface area contributed by atoms with Crippen LogP contribution < -0.4 is 4.74 Å². The Morgan fingerprint density at radius 2 is 1.93 bits per heavy atom. The number of benzene rings is 2. The third kappa shape index (κ3) is 3.63. The van der Waals surface area contributed by atoms with Crippen molar-refractivity contribution in [2.24, 2.45) is 5.10 Å². The lowest BCUT2D eigenvalue weighted by atomic mass is 9.98. The van der Waals surface area contributed by atoms with Crippen LogP contribution >= 0.6 is 11.6 Å². The highest BCUT2D eigenvalue weighted by atomic mass is 35.5. The van der Waals surface area contributed by atoms with Crippen LogP contribution in [0.3, 0.4) is 0 Å². The monoisotopic (exact) mass is 443 g/mol. The number of nitrogens with zero attached hydrogens (tertiary/aromatic N) is 3. The molecule has 0 saturated heterocycles. The lowest BCUT2D eigenvalue weighted by molar-refractivity contribution is 0.372. The molecule has 2 aromatic carbocycles. The van der Waals surface area contributed by atoms with E-state index in [1.165, 1.54) is 4.41 Å². The number of aryl methyl sites for hydroxylation is 1. The molecule has 6 nitrogen and oxygen atoms in total. The van der Waals surface area contributed by atoms with E-state index in [2.05, 4.69) is 10.1 Å². The molecule has 0 aliphatic carbocycles. The van der Waals surface area contributed by atoms with Crippen molar-refractivity contribution in [1.82, 2.24) is 9.40 Å². The Bertz CT molecular complexity index is 1240. The van der Waals surface area contributed by atoms with Crippen LogP contribution in [-0.4, -0.2) is 36.4 Å². The number of fused-ring (bicyclic) bond motifs is 1. The highest BCUT2D eigenvalue weighted by molar-refractivity contribution is 7.89. The average Bonchev–Trinajstić information content (AvgIpc) is 3.19. The molecule has 1 aliphatic rings. The third-order valence-corrected chi connectivity index (χ3v) is 7.21. The second kappa shape index (κ2) is 7.89. The minimum absolute atomic E-state index is 0.0549. The van der Waals surface area contributed by atoms with E-state index < -0.39 is 16.1 Å². The molecule has 156 valence electrons. The maximum absolute atomic E-state index is 12.8. The summed E-state index contributed by atoms with van der Waals surface area (Å²) in [4.78, 5) is 4.51. The van der Waals surface area contributed by atoms with Gasteiger partial charge in [-0.2, -0.15) is 9.52 Å². The maximum Gasteiger partial charge on any atom is 0.250 e. The van der Waals surface area contributed by atoms with Gasteiger partial charge in [0.1, 0.15) is 16.4 Å². The number of hydrogen-bond acceptors (Lipinski definition) is 5. The van der Waals surface area contributed by atoms with Crippen molar-refractivity contribution in [2.45, 2.75) is 26.3 Å². The molecule has 30 heavy (non-hydrogen) atoms. The van der Waals surface area contributed by atoms with Crippen molar-refractivity contribution in [3.8, 4) is 5.75 Å². The summed E-state index contributed by atoms with van der Waals surface area (Å²) in [7, 11) is -2.02. The average molecular weight is 444 g/mol. The van der Waals surface area contributed by atoms with Crippen LogP contribution in [0.25, 0.3) is 10.9 Å². The summed E-state index contributed by atoms with van der Waals surface area (Å²) in [6.07, 6.45) is 0.416. The summed E-state index contributed by atoms with van der Waals surface area (Å²) in [5, 5.41) is 5.56. The summed E-state index contributed by atoms with van der Waals surface area (Å²) in [5.41, 5.74) is 3.99. The maximum atomic E-state index is 12.8. The van der Waals surface area contributed by atoms with Gasteiger partial charge in [-0.1, -0.05) is 53.6 Å². The van der Waals surface area contributed by atoms with E-state index in [1.807, 2.05) is 55.5 Å². The van der Waals surface area contributed by atoms with Gasteiger partial charge in [-0.3, -0.25) is 0 Å². The second-order valence-corrected chi connectivity index (χ2v) is 9.68. The number of para-hydroxylation sites is 1. The Kier molecular flexibility index (Phi) is 5.42. The number of ether oxygens (including phenoxy) is 1. The number of sulfonamides is 1. The van der Waals surface area contributed by atoms with E-state index in [9.17, 15) is 8.42 Å². The molecule has 0 amide bonds. The summed E-state index contributed by atoms with van der Waals surface area (Å²) < 4.78 is 32.2. The third-order valence-electron chi connectivity index (χ3n) is 5.28. The SMILES string of the molecule is CCS(=O)(=O)N1N=C(c2ccc(C)cc2)C[C@@H]1c1cc2cccc(OC)c2nc1Cl. The lowest BCUT2D eigenvalue weighted by Crippen LogP contribution is -2.28. The zero-order valence-electron chi connectivity index (χ0n) is 17.0. The first-order chi connectivity index (χ1) is 14.3. The zero-order chi connectivity index (χ0) is 21.5. The summed E-state index contributed by atoms with van der Waals surface area (Å²) in [5.74, 6) is 0.558. The summed E-state index contributed by atoms with van der Waals surface area (Å²) in [6, 6.07) is 14.8. The number of methoxy groups -OCH3 is 1. The van der Waals surface area contributed by atoms with Crippen LogP contribution in [-0.2, 0) is 10.0 Å². The number of hydrogen-bond donors (Lipinski definition) is 0. The summed E-state index contributed by atoms with van der Waals surface area (Å²) >= 11 is 6.55. The smallest absolute Gasteiger partial charge is 0.250 e. The largest absolute Gasteiger partial charge is 0.494 e. The minimum Gasteiger partial charge on any atom is -0.494 e. The first-order valence-electron chi connectivity index (χ1n) is 9.64. The van der Waals surface area contributed by atoms with Crippen LogP contribution in [0.1, 0.15) is 36.1 Å². The van der Waals surface area contributed by atoms with Gasteiger partial charge in [-0.05, 0) is 31.5 Å². The van der Waals surface area contributed by atoms with Crippen molar-refractivity contribution in [3.05, 3.63) is 70.4 Å². The van der Waals surface area contributed by atoms with Gasteiger partial charge >= 0.3 is 0 Å². The molecular formula is C22H22ClN3O3S. The Labute approximate surface area is 181 Å². The van der Waals surface area contributed by atoms with Crippen molar-refractivity contribution in [2.75, 3.05) is 12.9 Å². The fourth-order valence-electron chi connectivity index (χ4n) is 3.59. The topological polar surface area (TPSA) is 71.9 Å². The van der Waals surface area contributed by atoms with Gasteiger partial charge in [0.2, 0.25) is 10.0 Å². The van der Waals surface area contributed by atoms with Crippen molar-refractivity contribution < 1.29 is 13.2 Å². The van der Waals surface area contributed by atoms with Crippen molar-refractivity contribution in [1.29, 1.82) is 0 Å². The zero-order valence-corrected chi connectivity index (χ0v) is 18.5. The molecule has 0 fully saturated rings. The van der Waals surface area contributed by atoms with Crippen LogP contribution in [0.15, 0.2) is 53.6 Å². The van der Waals surface area contributed by atoms with Gasteiger partial charge < -0.3 is 4.74 Å². The molecule has 0 bridgehead atoms. The Hall–Kier alpha value is -2.64. The molecule has 4 rings (SSSR count). The van der Waals surface area contributed by atoms with Crippen molar-refractivity contribution in [3.63, 3.8) is 0 Å². The van der Waals surface area contributed by atoms with Crippen LogP contribution in [0.5, 0.6) is 5.75 Å². The number of pyridine rings is 1. The van der Waals surface area contributed by atoms with Gasteiger partial charge in [0, 0.05) is 17.4 Å². The Balaban J connectivity index is 1.82. The Morgan fingerprint density at radius 3 is 2.60 bits per heavy atom. The van der Waals surface area contributed by atoms with Gasteiger partial charge in [0.15, 0.2) is 0 Å². The van der Waals surface area contributed by atoms with Crippen LogP contribution in [0.2, 0.25) is 5.15 Å². The molecular weight excluding hydrogens is 422 g/mol. The normalized spacial score (nSPS) is 16.7. The summed E-state index contributed by atoms with van der Waals surface area (Å²) in [6.45, 7) is 3.61. The fraction of sp³-hybridized carbons (Fsp3) is 0.273. The molecule has 8 heteroatoms. The lowest BCUT2D eigenvalue weighted by Gasteiger charge is -2.23. The molecule has 1 atom stereocenters. The van der Waals surface area contributed by atoms with Crippen molar-refractivity contribution >= 4 is 38.2 Å². The molecule has 0 saturated carbocycles. The fourth-order valence-corrected chi connectivity index (χ4v) is 4.92. The highest BCUT2D eigenvalue weighted by Gasteiger charge is 2.37. The molecule has 2 heterocycles. The highest BCUT2D eigenvalue weighted by Crippen LogP contribution is 2.39. The van der Waals surface area contributed by atoms with Gasteiger partial charge in [0.05, 0.1) is 24.6 Å². The number of rotatable bonds is 5. The number of hydrazone groups is 1. The molecule has 0 radical (unpaired) electrons. The Morgan fingerprint density at radius 1 is 1.20 bits per heavy atom. The molecule has 0 unspecified atom stereocenters. The van der Waals surface area contributed by atoms with E-state index in [4.69, 9.17) is 16.3 Å². The van der Waals surface area contributed by atoms with E-state index in [1.54, 1.807) is 14.0 Å². The number of halogens is 1. The molecule has 1 aromatic heterocycles. The molecule has 0 N–H and O–H groups in total. The van der Waals surface area contributed by atoms with E-state index >= 15 is 0 Å². The molecule has 1 aliphatic heterocycles. The first kappa shape index (κ1) is 20.6. The van der Waals surface area contributed by atoms with Gasteiger partial charge in [-0.15, -0.1) is 0 Å². The quantitative estimate of drug-likeness (QED) is 0.535. The van der Waals surface area contributed by atoms with Gasteiger partial charge in [0.25, 0.3) is 0 Å². The predicted octanol–water partition coefficient (Wildman–Crippen LogP) is 4.71. The second-order valence-electron chi connectivity index (χ2n) is 7.21. The van der Waals surface area contributed by atoms with Crippen LogP contribution in [0.4, 0.5) is 0 Å². The van der Waals surface area contributed by atoms with E-state index in [0.717, 1.165) is 16.5 Å². The molecule has 0 spiro atoms. The van der Waals surface area contributed by atoms with Crippen LogP contribution in [0, 0.1) is 6.92 Å².